The molecule has 0 aliphatic heterocycles. The summed E-state index contributed by atoms with van der Waals surface area (Å²) < 4.78 is 6.51. The van der Waals surface area contributed by atoms with Crippen LogP contribution in [0.25, 0.3) is 0 Å². The van der Waals surface area contributed by atoms with E-state index in [1.165, 1.54) is 7.11 Å². The molecule has 1 aromatic heterocycles. The topological polar surface area (TPSA) is 82.2 Å². The number of hydrogen-bond acceptors (Lipinski definition) is 4. The Hall–Kier alpha value is -1.40. The third-order valence-corrected chi connectivity index (χ3v) is 1.88. The normalized spacial score (nSPS) is 12.4. The number of carbonyl (C=O) groups is 1. The van der Waals surface area contributed by atoms with Crippen molar-refractivity contribution in [3.05, 3.63) is 18.5 Å². The third-order valence-electron chi connectivity index (χ3n) is 1.88. The predicted octanol–water partition coefficient (Wildman–Crippen LogP) is -1.03. The first-order valence-corrected chi connectivity index (χ1v) is 4.73. The molecule has 0 saturated heterocycles. The zero-order chi connectivity index (χ0) is 11.1. The number of nitrogens with zero attached hydrogens (tertiary/aromatic N) is 2. The number of methoxy groups -OCH3 is 1. The van der Waals surface area contributed by atoms with Gasteiger partial charge in [0.15, 0.2) is 0 Å². The van der Waals surface area contributed by atoms with E-state index in [4.69, 9.17) is 10.5 Å². The Bertz CT molecular complexity index is 286. The lowest BCUT2D eigenvalue weighted by Gasteiger charge is -2.10. The highest BCUT2D eigenvalue weighted by Crippen LogP contribution is 1.84. The van der Waals surface area contributed by atoms with E-state index in [-0.39, 0.29) is 12.5 Å². The van der Waals surface area contributed by atoms with Crippen LogP contribution in [0, 0.1) is 0 Å². The summed E-state index contributed by atoms with van der Waals surface area (Å²) in [5.41, 5.74) is 5.53. The Balaban J connectivity index is 2.17. The summed E-state index contributed by atoms with van der Waals surface area (Å²) in [6, 6.07) is 1.23. The molecule has 1 unspecified atom stereocenters. The van der Waals surface area contributed by atoms with Crippen molar-refractivity contribution < 1.29 is 9.53 Å². The van der Waals surface area contributed by atoms with Crippen molar-refractivity contribution in [3.8, 4) is 0 Å². The number of amides is 1. The summed E-state index contributed by atoms with van der Waals surface area (Å²) >= 11 is 0. The molecule has 1 aromatic rings. The maximum Gasteiger partial charge on any atom is 0.239 e. The summed E-state index contributed by atoms with van der Waals surface area (Å²) in [7, 11) is 1.51. The smallest absolute Gasteiger partial charge is 0.239 e. The van der Waals surface area contributed by atoms with E-state index in [0.29, 0.717) is 13.1 Å². The molecule has 3 N–H and O–H groups in total. The molecular weight excluding hydrogens is 196 g/mol. The predicted molar refractivity (Wildman–Crippen MR) is 55.1 cm³/mol. The van der Waals surface area contributed by atoms with Gasteiger partial charge in [0, 0.05) is 26.0 Å². The third kappa shape index (κ3) is 4.09. The Morgan fingerprint density at radius 2 is 2.53 bits per heavy atom. The summed E-state index contributed by atoms with van der Waals surface area (Å²) in [6.45, 7) is 1.38. The van der Waals surface area contributed by atoms with Gasteiger partial charge in [0.2, 0.25) is 5.91 Å². The van der Waals surface area contributed by atoms with Crippen molar-refractivity contribution in [2.24, 2.45) is 5.73 Å². The van der Waals surface area contributed by atoms with Crippen molar-refractivity contribution in [2.45, 2.75) is 12.6 Å². The molecule has 6 nitrogen and oxygen atoms in total. The van der Waals surface area contributed by atoms with Crippen molar-refractivity contribution in [1.82, 2.24) is 15.1 Å². The summed E-state index contributed by atoms with van der Waals surface area (Å²) in [6.07, 6.45) is 3.53. The first-order chi connectivity index (χ1) is 7.24. The summed E-state index contributed by atoms with van der Waals surface area (Å²) in [5.74, 6) is -0.205. The molecule has 1 rings (SSSR count). The van der Waals surface area contributed by atoms with E-state index in [1.807, 2.05) is 12.3 Å². The first kappa shape index (κ1) is 11.7. The second-order valence-corrected chi connectivity index (χ2v) is 3.12. The zero-order valence-corrected chi connectivity index (χ0v) is 8.72. The zero-order valence-electron chi connectivity index (χ0n) is 8.72. The molecular formula is C9H16N4O2. The monoisotopic (exact) mass is 212 g/mol. The highest BCUT2D eigenvalue weighted by atomic mass is 16.5. The molecule has 1 atom stereocenters. The summed E-state index contributed by atoms with van der Waals surface area (Å²) in [5, 5.41) is 6.70. The Labute approximate surface area is 88.4 Å². The Kier molecular flexibility index (Phi) is 4.79. The van der Waals surface area contributed by atoms with Crippen molar-refractivity contribution in [3.63, 3.8) is 0 Å². The van der Waals surface area contributed by atoms with Gasteiger partial charge in [-0.15, -0.1) is 0 Å². The number of rotatable bonds is 6. The van der Waals surface area contributed by atoms with E-state index < -0.39 is 6.04 Å². The Morgan fingerprint density at radius 3 is 3.13 bits per heavy atom. The van der Waals surface area contributed by atoms with E-state index in [1.54, 1.807) is 10.9 Å². The minimum atomic E-state index is -0.604. The van der Waals surface area contributed by atoms with Gasteiger partial charge in [-0.05, 0) is 6.07 Å². The molecule has 0 aromatic carbocycles. The minimum Gasteiger partial charge on any atom is -0.383 e. The maximum absolute atomic E-state index is 11.3. The fraction of sp³-hybridized carbons (Fsp3) is 0.556. The van der Waals surface area contributed by atoms with E-state index >= 15 is 0 Å². The van der Waals surface area contributed by atoms with Crippen LogP contribution in [0.5, 0.6) is 0 Å². The molecule has 0 fully saturated rings. The number of aromatic nitrogens is 2. The van der Waals surface area contributed by atoms with Gasteiger partial charge < -0.3 is 15.8 Å². The maximum atomic E-state index is 11.3. The fourth-order valence-electron chi connectivity index (χ4n) is 1.11. The highest BCUT2D eigenvalue weighted by Gasteiger charge is 2.11. The van der Waals surface area contributed by atoms with Crippen molar-refractivity contribution in [1.29, 1.82) is 0 Å². The molecule has 0 aliphatic carbocycles. The van der Waals surface area contributed by atoms with Crippen LogP contribution in [0.2, 0.25) is 0 Å². The number of nitrogens with one attached hydrogen (secondary N) is 1. The van der Waals surface area contributed by atoms with Gasteiger partial charge in [-0.25, -0.2) is 0 Å². The van der Waals surface area contributed by atoms with Crippen LogP contribution in [0.1, 0.15) is 0 Å². The molecule has 6 heteroatoms. The molecule has 0 radical (unpaired) electrons. The number of ether oxygens (including phenoxy) is 1. The van der Waals surface area contributed by atoms with E-state index in [2.05, 4.69) is 10.4 Å². The first-order valence-electron chi connectivity index (χ1n) is 4.73. The van der Waals surface area contributed by atoms with Crippen molar-refractivity contribution >= 4 is 5.91 Å². The average molecular weight is 212 g/mol. The number of carbonyl (C=O) groups excluding carboxylic acids is 1. The van der Waals surface area contributed by atoms with Gasteiger partial charge in [0.1, 0.15) is 6.04 Å². The van der Waals surface area contributed by atoms with Gasteiger partial charge in [-0.2, -0.15) is 5.10 Å². The van der Waals surface area contributed by atoms with Crippen LogP contribution in [0.3, 0.4) is 0 Å². The van der Waals surface area contributed by atoms with E-state index in [0.717, 1.165) is 0 Å². The molecule has 84 valence electrons. The van der Waals surface area contributed by atoms with Gasteiger partial charge in [-0.3, -0.25) is 9.48 Å². The van der Waals surface area contributed by atoms with Crippen LogP contribution >= 0.6 is 0 Å². The highest BCUT2D eigenvalue weighted by molar-refractivity contribution is 5.81. The van der Waals surface area contributed by atoms with Gasteiger partial charge >= 0.3 is 0 Å². The molecule has 1 heterocycles. The molecule has 1 amide bonds. The van der Waals surface area contributed by atoms with Crippen LogP contribution < -0.4 is 11.1 Å². The van der Waals surface area contributed by atoms with Gasteiger partial charge in [-0.1, -0.05) is 0 Å². The standard InChI is InChI=1S/C9H16N4O2/c1-15-7-8(10)9(14)11-4-6-13-5-2-3-12-13/h2-3,5,8H,4,6-7,10H2,1H3,(H,11,14). The van der Waals surface area contributed by atoms with E-state index in [9.17, 15) is 4.79 Å². The molecule has 15 heavy (non-hydrogen) atoms. The van der Waals surface area contributed by atoms with Crippen LogP contribution in [0.4, 0.5) is 0 Å². The molecule has 0 bridgehead atoms. The second-order valence-electron chi connectivity index (χ2n) is 3.12. The number of nitrogens with two attached hydrogens (primary N) is 1. The fourth-order valence-corrected chi connectivity index (χ4v) is 1.11. The molecule has 0 spiro atoms. The number of hydrogen-bond donors (Lipinski definition) is 2. The summed E-state index contributed by atoms with van der Waals surface area (Å²) in [4.78, 5) is 11.3. The van der Waals surface area contributed by atoms with Crippen LogP contribution in [-0.2, 0) is 16.1 Å². The molecule has 0 saturated carbocycles. The van der Waals surface area contributed by atoms with Crippen LogP contribution in [-0.4, -0.2) is 42.0 Å². The van der Waals surface area contributed by atoms with Crippen molar-refractivity contribution in [2.75, 3.05) is 20.3 Å². The SMILES string of the molecule is COCC(N)C(=O)NCCn1cccn1. The average Bonchev–Trinajstić information content (AvgIpc) is 2.71. The lowest BCUT2D eigenvalue weighted by molar-refractivity contribution is -0.123. The lowest BCUT2D eigenvalue weighted by Crippen LogP contribution is -2.44. The lowest BCUT2D eigenvalue weighted by atomic mass is 10.3. The molecule has 0 aliphatic rings. The van der Waals surface area contributed by atoms with Crippen LogP contribution in [0.15, 0.2) is 18.5 Å². The van der Waals surface area contributed by atoms with Gasteiger partial charge in [0.25, 0.3) is 0 Å². The quantitative estimate of drug-likeness (QED) is 0.632. The second kappa shape index (κ2) is 6.15. The van der Waals surface area contributed by atoms with Gasteiger partial charge in [0.05, 0.1) is 13.2 Å². The largest absolute Gasteiger partial charge is 0.383 e. The minimum absolute atomic E-state index is 0.205. The Morgan fingerprint density at radius 1 is 1.73 bits per heavy atom.